The van der Waals surface area contributed by atoms with Crippen molar-refractivity contribution in [1.82, 2.24) is 10.2 Å². The van der Waals surface area contributed by atoms with Crippen LogP contribution in [0, 0.1) is 5.92 Å². The number of amides is 1. The smallest absolute Gasteiger partial charge is 0.261 e. The molecule has 4 aliphatic rings. The van der Waals surface area contributed by atoms with Gasteiger partial charge in [-0.1, -0.05) is 17.7 Å². The SMILES string of the molecule is CC1(C)[C@@H](NC(=O)c2cc3ccc(Cl)c(OC4CC4)c3s2)C2CCN1CC2. The van der Waals surface area contributed by atoms with Crippen molar-refractivity contribution in [3.8, 4) is 5.75 Å². The number of halogens is 1. The van der Waals surface area contributed by atoms with Crippen LogP contribution in [-0.2, 0) is 0 Å². The van der Waals surface area contributed by atoms with Gasteiger partial charge >= 0.3 is 0 Å². The third-order valence-corrected chi connectivity index (χ3v) is 7.95. The minimum atomic E-state index is 0.0110. The average Bonchev–Trinajstić information content (AvgIpc) is 3.36. The zero-order valence-electron chi connectivity index (χ0n) is 15.8. The monoisotopic (exact) mass is 404 g/mol. The van der Waals surface area contributed by atoms with Crippen molar-refractivity contribution >= 4 is 38.9 Å². The van der Waals surface area contributed by atoms with E-state index in [0.717, 1.165) is 46.6 Å². The summed E-state index contributed by atoms with van der Waals surface area (Å²) >= 11 is 7.86. The Morgan fingerprint density at radius 3 is 2.67 bits per heavy atom. The van der Waals surface area contributed by atoms with Gasteiger partial charge in [-0.15, -0.1) is 11.3 Å². The van der Waals surface area contributed by atoms with Crippen LogP contribution < -0.4 is 10.1 Å². The van der Waals surface area contributed by atoms with Crippen LogP contribution in [0.3, 0.4) is 0 Å². The van der Waals surface area contributed by atoms with E-state index in [2.05, 4.69) is 24.1 Å². The molecule has 1 N–H and O–H groups in total. The fourth-order valence-electron chi connectivity index (χ4n) is 4.72. The standard InChI is InChI=1S/C21H25ClN2O2S/c1-21(2)19(12-7-9-24(21)10-8-12)23-20(25)16-11-13-3-6-15(22)17(18(13)27-16)26-14-4-5-14/h3,6,11-12,14,19H,4-5,7-10H2,1-2H3,(H,23,25)/t19-/m0/s1. The Morgan fingerprint density at radius 1 is 1.26 bits per heavy atom. The molecule has 3 aliphatic heterocycles. The zero-order chi connectivity index (χ0) is 18.8. The number of carbonyl (C=O) groups is 1. The van der Waals surface area contributed by atoms with Gasteiger partial charge in [0.15, 0.2) is 5.75 Å². The van der Waals surface area contributed by atoms with Gasteiger partial charge in [0.05, 0.1) is 20.7 Å². The topological polar surface area (TPSA) is 41.6 Å². The number of fused-ring (bicyclic) bond motifs is 4. The summed E-state index contributed by atoms with van der Waals surface area (Å²) in [6.45, 7) is 6.81. The van der Waals surface area contributed by atoms with E-state index in [0.29, 0.717) is 10.9 Å². The molecule has 0 spiro atoms. The zero-order valence-corrected chi connectivity index (χ0v) is 17.3. The summed E-state index contributed by atoms with van der Waals surface area (Å²) < 4.78 is 7.01. The highest BCUT2D eigenvalue weighted by Crippen LogP contribution is 2.42. The lowest BCUT2D eigenvalue weighted by Crippen LogP contribution is -2.69. The molecule has 0 unspecified atom stereocenters. The van der Waals surface area contributed by atoms with Gasteiger partial charge in [-0.25, -0.2) is 0 Å². The third kappa shape index (κ3) is 3.04. The van der Waals surface area contributed by atoms with Crippen molar-refractivity contribution < 1.29 is 9.53 Å². The second-order valence-electron chi connectivity index (χ2n) is 8.65. The summed E-state index contributed by atoms with van der Waals surface area (Å²) in [4.78, 5) is 16.3. The van der Waals surface area contributed by atoms with E-state index < -0.39 is 0 Å². The number of hydrogen-bond acceptors (Lipinski definition) is 4. The van der Waals surface area contributed by atoms with Crippen molar-refractivity contribution in [2.24, 2.45) is 5.92 Å². The highest BCUT2D eigenvalue weighted by molar-refractivity contribution is 7.21. The van der Waals surface area contributed by atoms with Crippen LogP contribution in [0.2, 0.25) is 5.02 Å². The van der Waals surface area contributed by atoms with E-state index in [4.69, 9.17) is 16.3 Å². The Labute approximate surface area is 168 Å². The number of nitrogens with one attached hydrogen (secondary N) is 1. The Kier molecular flexibility index (Phi) is 4.19. The number of hydrogen-bond donors (Lipinski definition) is 1. The molecule has 0 radical (unpaired) electrons. The van der Waals surface area contributed by atoms with E-state index in [1.54, 1.807) is 0 Å². The first kappa shape index (κ1) is 17.8. The largest absolute Gasteiger partial charge is 0.487 e. The minimum absolute atomic E-state index is 0.0110. The molecule has 2 bridgehead atoms. The lowest BCUT2D eigenvalue weighted by atomic mass is 9.72. The van der Waals surface area contributed by atoms with E-state index >= 15 is 0 Å². The number of thiophene rings is 1. The summed E-state index contributed by atoms with van der Waals surface area (Å²) in [6.07, 6.45) is 4.80. The number of piperidine rings is 3. The van der Waals surface area contributed by atoms with Crippen LogP contribution in [0.1, 0.15) is 49.2 Å². The first-order chi connectivity index (χ1) is 12.9. The maximum absolute atomic E-state index is 13.1. The molecule has 6 rings (SSSR count). The Balaban J connectivity index is 1.42. The van der Waals surface area contributed by atoms with E-state index in [1.807, 2.05) is 18.2 Å². The minimum Gasteiger partial charge on any atom is -0.487 e. The number of carbonyl (C=O) groups excluding carboxylic acids is 1. The van der Waals surface area contributed by atoms with E-state index in [1.165, 1.54) is 24.2 Å². The van der Waals surface area contributed by atoms with Crippen LogP contribution in [0.5, 0.6) is 5.75 Å². The van der Waals surface area contributed by atoms with Crippen LogP contribution in [0.25, 0.3) is 10.1 Å². The number of rotatable bonds is 4. The van der Waals surface area contributed by atoms with Gasteiger partial charge in [0, 0.05) is 11.6 Å². The highest BCUT2D eigenvalue weighted by atomic mass is 35.5. The fraction of sp³-hybridized carbons (Fsp3) is 0.571. The Bertz CT molecular complexity index is 897. The summed E-state index contributed by atoms with van der Waals surface area (Å²) in [5.41, 5.74) is 0.0110. The lowest BCUT2D eigenvalue weighted by Gasteiger charge is -2.56. The third-order valence-electron chi connectivity index (χ3n) is 6.50. The highest BCUT2D eigenvalue weighted by Gasteiger charge is 2.48. The van der Waals surface area contributed by atoms with Crippen LogP contribution in [0.15, 0.2) is 18.2 Å². The van der Waals surface area contributed by atoms with Crippen LogP contribution in [0.4, 0.5) is 0 Å². The summed E-state index contributed by atoms with van der Waals surface area (Å²) in [5, 5.41) is 5.01. The second-order valence-corrected chi connectivity index (χ2v) is 10.1. The molecule has 1 aromatic heterocycles. The second kappa shape index (κ2) is 6.36. The maximum atomic E-state index is 13.1. The predicted molar refractivity (Wildman–Crippen MR) is 110 cm³/mol. The molecule has 3 saturated heterocycles. The fourth-order valence-corrected chi connectivity index (χ4v) is 6.03. The Morgan fingerprint density at radius 2 is 2.00 bits per heavy atom. The molecule has 1 atom stereocenters. The lowest BCUT2D eigenvalue weighted by molar-refractivity contribution is -0.0377. The normalized spacial score (nSPS) is 29.1. The molecule has 2 aromatic rings. The molecule has 1 aromatic carbocycles. The summed E-state index contributed by atoms with van der Waals surface area (Å²) in [7, 11) is 0. The quantitative estimate of drug-likeness (QED) is 0.803. The van der Waals surface area contributed by atoms with Gasteiger partial charge in [-0.05, 0) is 76.1 Å². The molecular formula is C21H25ClN2O2S. The maximum Gasteiger partial charge on any atom is 0.261 e. The molecule has 144 valence electrons. The molecule has 1 amide bonds. The van der Waals surface area contributed by atoms with Crippen molar-refractivity contribution in [3.05, 3.63) is 28.1 Å². The molecule has 4 heterocycles. The van der Waals surface area contributed by atoms with E-state index in [-0.39, 0.29) is 23.6 Å². The molecule has 27 heavy (non-hydrogen) atoms. The molecule has 4 fully saturated rings. The number of nitrogens with zero attached hydrogens (tertiary/aromatic N) is 1. The average molecular weight is 405 g/mol. The summed E-state index contributed by atoms with van der Waals surface area (Å²) in [5.74, 6) is 1.34. The molecular weight excluding hydrogens is 380 g/mol. The molecule has 1 saturated carbocycles. The van der Waals surface area contributed by atoms with Gasteiger partial charge in [0.1, 0.15) is 0 Å². The first-order valence-electron chi connectivity index (χ1n) is 9.88. The van der Waals surface area contributed by atoms with Gasteiger partial charge in [0.2, 0.25) is 0 Å². The predicted octanol–water partition coefficient (Wildman–Crippen LogP) is 4.70. The number of ether oxygens (including phenoxy) is 1. The Hall–Kier alpha value is -1.30. The van der Waals surface area contributed by atoms with Gasteiger partial charge < -0.3 is 10.1 Å². The van der Waals surface area contributed by atoms with Gasteiger partial charge in [-0.2, -0.15) is 0 Å². The van der Waals surface area contributed by atoms with Crippen molar-refractivity contribution in [1.29, 1.82) is 0 Å². The van der Waals surface area contributed by atoms with Gasteiger partial charge in [0.25, 0.3) is 5.91 Å². The molecule has 6 heteroatoms. The summed E-state index contributed by atoms with van der Waals surface area (Å²) in [6, 6.07) is 6.01. The van der Waals surface area contributed by atoms with Crippen molar-refractivity contribution in [2.45, 2.75) is 57.2 Å². The number of benzene rings is 1. The van der Waals surface area contributed by atoms with Gasteiger partial charge in [-0.3, -0.25) is 9.69 Å². The molecule has 1 aliphatic carbocycles. The van der Waals surface area contributed by atoms with Crippen molar-refractivity contribution in [3.63, 3.8) is 0 Å². The van der Waals surface area contributed by atoms with Crippen LogP contribution in [-0.4, -0.2) is 41.6 Å². The van der Waals surface area contributed by atoms with Crippen molar-refractivity contribution in [2.75, 3.05) is 13.1 Å². The molecule has 4 nitrogen and oxygen atoms in total. The van der Waals surface area contributed by atoms with E-state index in [9.17, 15) is 4.79 Å². The van der Waals surface area contributed by atoms with Crippen LogP contribution >= 0.6 is 22.9 Å². The first-order valence-corrected chi connectivity index (χ1v) is 11.1.